The zero-order chi connectivity index (χ0) is 9.26. The van der Waals surface area contributed by atoms with Gasteiger partial charge in [-0.2, -0.15) is 0 Å². The fourth-order valence-electron chi connectivity index (χ4n) is 2.32. The Labute approximate surface area is 77.1 Å². The van der Waals surface area contributed by atoms with Crippen molar-refractivity contribution in [2.24, 2.45) is 22.7 Å². The van der Waals surface area contributed by atoms with Gasteiger partial charge in [0.25, 0.3) is 5.91 Å². The Morgan fingerprint density at radius 2 is 2.46 bits per heavy atom. The number of hydrogen-bond acceptors (Lipinski definition) is 3. The molecule has 4 nitrogen and oxygen atoms in total. The van der Waals surface area contributed by atoms with Crippen LogP contribution in [0.5, 0.6) is 0 Å². The highest BCUT2D eigenvalue weighted by molar-refractivity contribution is 5.89. The van der Waals surface area contributed by atoms with E-state index in [1.165, 1.54) is 19.3 Å². The predicted molar refractivity (Wildman–Crippen MR) is 48.0 cm³/mol. The fourth-order valence-corrected chi connectivity index (χ4v) is 2.32. The van der Waals surface area contributed by atoms with Gasteiger partial charge in [0.1, 0.15) is 0 Å². The lowest BCUT2D eigenvalue weighted by Crippen LogP contribution is -2.18. The minimum Gasteiger partial charge on any atom is -0.386 e. The average Bonchev–Trinajstić information content (AvgIpc) is 2.64. The third kappa shape index (κ3) is 1.82. The normalized spacial score (nSPS) is 34.0. The molecular formula is C9H14N2O2. The molecule has 2 atom stereocenters. The van der Waals surface area contributed by atoms with Crippen LogP contribution in [0.15, 0.2) is 5.16 Å². The maximum Gasteiger partial charge on any atom is 0.258 e. The number of oxime groups is 1. The first-order valence-electron chi connectivity index (χ1n) is 4.72. The van der Waals surface area contributed by atoms with Crippen LogP contribution < -0.4 is 5.73 Å². The smallest absolute Gasteiger partial charge is 0.258 e. The Morgan fingerprint density at radius 1 is 1.62 bits per heavy atom. The van der Waals surface area contributed by atoms with Crippen molar-refractivity contribution in [2.75, 3.05) is 6.61 Å². The molecular weight excluding hydrogens is 168 g/mol. The minimum atomic E-state index is -0.465. The summed E-state index contributed by atoms with van der Waals surface area (Å²) in [7, 11) is 0. The van der Waals surface area contributed by atoms with Crippen LogP contribution in [0.1, 0.15) is 25.7 Å². The van der Waals surface area contributed by atoms with Crippen LogP contribution in [0.4, 0.5) is 0 Å². The first kappa shape index (κ1) is 8.53. The molecule has 0 aliphatic heterocycles. The highest BCUT2D eigenvalue weighted by Gasteiger charge is 2.37. The van der Waals surface area contributed by atoms with E-state index >= 15 is 0 Å². The van der Waals surface area contributed by atoms with Gasteiger partial charge in [-0.1, -0.05) is 5.16 Å². The molecule has 1 amide bonds. The van der Waals surface area contributed by atoms with Crippen molar-refractivity contribution in [3.63, 3.8) is 0 Å². The lowest BCUT2D eigenvalue weighted by molar-refractivity contribution is -0.122. The lowest BCUT2D eigenvalue weighted by Gasteiger charge is -2.10. The first-order chi connectivity index (χ1) is 6.25. The molecule has 0 aromatic carbocycles. The van der Waals surface area contributed by atoms with Crippen molar-refractivity contribution in [1.29, 1.82) is 0 Å². The van der Waals surface area contributed by atoms with E-state index < -0.39 is 5.91 Å². The lowest BCUT2D eigenvalue weighted by atomic mass is 9.99. The SMILES string of the molecule is NC(=O)CO/N=C1\CC2CCC1C2. The highest BCUT2D eigenvalue weighted by Crippen LogP contribution is 2.42. The van der Waals surface area contributed by atoms with Gasteiger partial charge in [-0.05, 0) is 31.6 Å². The second-order valence-electron chi connectivity index (χ2n) is 3.90. The van der Waals surface area contributed by atoms with Crippen molar-refractivity contribution in [2.45, 2.75) is 25.7 Å². The molecule has 2 rings (SSSR count). The Morgan fingerprint density at radius 3 is 3.00 bits per heavy atom. The molecule has 2 fully saturated rings. The molecule has 2 saturated carbocycles. The minimum absolute atomic E-state index is 0.0963. The Kier molecular flexibility index (Phi) is 2.20. The van der Waals surface area contributed by atoms with E-state index in [0.717, 1.165) is 18.1 Å². The summed E-state index contributed by atoms with van der Waals surface area (Å²) in [6.07, 6.45) is 4.89. The molecule has 0 heterocycles. The second-order valence-corrected chi connectivity index (χ2v) is 3.90. The Bertz CT molecular complexity index is 250. The summed E-state index contributed by atoms with van der Waals surface area (Å²) in [5, 5.41) is 3.96. The number of amides is 1. The van der Waals surface area contributed by atoms with E-state index in [9.17, 15) is 4.79 Å². The van der Waals surface area contributed by atoms with Gasteiger partial charge in [-0.15, -0.1) is 0 Å². The molecule has 2 N–H and O–H groups in total. The van der Waals surface area contributed by atoms with Gasteiger partial charge in [-0.25, -0.2) is 0 Å². The quantitative estimate of drug-likeness (QED) is 0.652. The monoisotopic (exact) mass is 182 g/mol. The van der Waals surface area contributed by atoms with E-state index in [-0.39, 0.29) is 6.61 Å². The van der Waals surface area contributed by atoms with Crippen LogP contribution in [-0.4, -0.2) is 18.2 Å². The van der Waals surface area contributed by atoms with Crippen LogP contribution in [0.3, 0.4) is 0 Å². The molecule has 2 aliphatic carbocycles. The standard InChI is InChI=1S/C9H14N2O2/c10-9(12)5-13-11-8-4-6-1-2-7(8)3-6/h6-7H,1-5H2,(H2,10,12)/b11-8+. The average molecular weight is 182 g/mol. The van der Waals surface area contributed by atoms with Crippen molar-refractivity contribution < 1.29 is 9.63 Å². The summed E-state index contributed by atoms with van der Waals surface area (Å²) in [6.45, 7) is -0.0963. The van der Waals surface area contributed by atoms with Gasteiger partial charge in [-0.3, -0.25) is 4.79 Å². The number of carbonyl (C=O) groups excluding carboxylic acids is 1. The summed E-state index contributed by atoms with van der Waals surface area (Å²) in [5.74, 6) is 0.978. The van der Waals surface area contributed by atoms with E-state index in [1.807, 2.05) is 0 Å². The van der Waals surface area contributed by atoms with Crippen LogP contribution in [0.2, 0.25) is 0 Å². The van der Waals surface area contributed by atoms with Crippen molar-refractivity contribution in [1.82, 2.24) is 0 Å². The third-order valence-electron chi connectivity index (χ3n) is 2.90. The molecule has 0 aromatic rings. The number of carbonyl (C=O) groups is 1. The summed E-state index contributed by atoms with van der Waals surface area (Å²) in [4.78, 5) is 15.2. The summed E-state index contributed by atoms with van der Waals surface area (Å²) >= 11 is 0. The molecule has 72 valence electrons. The van der Waals surface area contributed by atoms with Crippen molar-refractivity contribution >= 4 is 11.6 Å². The van der Waals surface area contributed by atoms with Gasteiger partial charge in [0.05, 0.1) is 5.71 Å². The molecule has 13 heavy (non-hydrogen) atoms. The van der Waals surface area contributed by atoms with Crippen molar-refractivity contribution in [3.05, 3.63) is 0 Å². The summed E-state index contributed by atoms with van der Waals surface area (Å²) in [5.41, 5.74) is 6.06. The zero-order valence-electron chi connectivity index (χ0n) is 7.53. The van der Waals surface area contributed by atoms with Gasteiger partial charge >= 0.3 is 0 Å². The number of nitrogens with zero attached hydrogens (tertiary/aromatic N) is 1. The molecule has 2 aliphatic rings. The molecule has 0 radical (unpaired) electrons. The highest BCUT2D eigenvalue weighted by atomic mass is 16.6. The second kappa shape index (κ2) is 3.36. The molecule has 0 saturated heterocycles. The van der Waals surface area contributed by atoms with Crippen LogP contribution in [-0.2, 0) is 9.63 Å². The number of hydrogen-bond donors (Lipinski definition) is 1. The third-order valence-corrected chi connectivity index (χ3v) is 2.90. The van der Waals surface area contributed by atoms with E-state index in [1.54, 1.807) is 0 Å². The van der Waals surface area contributed by atoms with Gasteiger partial charge < -0.3 is 10.6 Å². The van der Waals surface area contributed by atoms with Gasteiger partial charge in [0.2, 0.25) is 0 Å². The Balaban J connectivity index is 1.84. The topological polar surface area (TPSA) is 64.7 Å². The number of fused-ring (bicyclic) bond motifs is 2. The molecule has 0 aromatic heterocycles. The number of nitrogens with two attached hydrogens (primary N) is 1. The molecule has 2 unspecified atom stereocenters. The van der Waals surface area contributed by atoms with Crippen LogP contribution in [0.25, 0.3) is 0 Å². The number of primary amides is 1. The zero-order valence-corrected chi connectivity index (χ0v) is 7.53. The molecule has 0 spiro atoms. The molecule has 2 bridgehead atoms. The summed E-state index contributed by atoms with van der Waals surface area (Å²) in [6, 6.07) is 0. The number of rotatable bonds is 3. The van der Waals surface area contributed by atoms with Gasteiger partial charge in [0.15, 0.2) is 6.61 Å². The van der Waals surface area contributed by atoms with Gasteiger partial charge in [0, 0.05) is 5.92 Å². The largest absolute Gasteiger partial charge is 0.386 e. The van der Waals surface area contributed by atoms with E-state index in [0.29, 0.717) is 5.92 Å². The maximum atomic E-state index is 10.4. The van der Waals surface area contributed by atoms with E-state index in [2.05, 4.69) is 5.16 Å². The first-order valence-corrected chi connectivity index (χ1v) is 4.72. The Hall–Kier alpha value is -1.06. The fraction of sp³-hybridized carbons (Fsp3) is 0.778. The van der Waals surface area contributed by atoms with Crippen LogP contribution in [0, 0.1) is 11.8 Å². The molecule has 4 heteroatoms. The van der Waals surface area contributed by atoms with Crippen LogP contribution >= 0.6 is 0 Å². The maximum absolute atomic E-state index is 10.4. The summed E-state index contributed by atoms with van der Waals surface area (Å²) < 4.78 is 0. The van der Waals surface area contributed by atoms with E-state index in [4.69, 9.17) is 10.6 Å². The predicted octanol–water partition coefficient (Wildman–Crippen LogP) is 0.664. The van der Waals surface area contributed by atoms with Crippen molar-refractivity contribution in [3.8, 4) is 0 Å².